The van der Waals surface area contributed by atoms with Gasteiger partial charge in [0.15, 0.2) is 0 Å². The van der Waals surface area contributed by atoms with E-state index in [2.05, 4.69) is 9.97 Å². The van der Waals surface area contributed by atoms with Crippen molar-refractivity contribution in [1.29, 1.82) is 0 Å². The maximum absolute atomic E-state index is 10.7. The van der Waals surface area contributed by atoms with Crippen LogP contribution in [0.1, 0.15) is 26.5 Å². The van der Waals surface area contributed by atoms with Crippen LogP contribution in [0.3, 0.4) is 0 Å². The number of rotatable bonds is 3. The number of hydrogen-bond donors (Lipinski definition) is 4. The largest absolute Gasteiger partial charge is 0.478 e. The average molecular weight is 432 g/mol. The number of nitrogens with zero attached hydrogens (tertiary/aromatic N) is 1. The van der Waals surface area contributed by atoms with Crippen LogP contribution in [-0.2, 0) is 10.0 Å². The molecule has 2 aromatic heterocycles. The third-order valence-corrected chi connectivity index (χ3v) is 4.19. The van der Waals surface area contributed by atoms with Gasteiger partial charge < -0.3 is 15.8 Å². The lowest BCUT2D eigenvalue weighted by Gasteiger charge is -1.97. The van der Waals surface area contributed by atoms with Crippen LogP contribution in [0.4, 0.5) is 0 Å². The summed E-state index contributed by atoms with van der Waals surface area (Å²) in [5, 5.41) is 13.3. The molecular weight excluding hydrogens is 412 g/mol. The summed E-state index contributed by atoms with van der Waals surface area (Å²) in [4.78, 5) is 37.4. The van der Waals surface area contributed by atoms with E-state index in [0.29, 0.717) is 5.69 Å². The Bertz CT molecular complexity index is 1140. The quantitative estimate of drug-likeness (QED) is 0.473. The highest BCUT2D eigenvalue weighted by Crippen LogP contribution is 2.08. The van der Waals surface area contributed by atoms with Gasteiger partial charge in [0.2, 0.25) is 15.6 Å². The summed E-state index contributed by atoms with van der Waals surface area (Å²) in [5.41, 5.74) is 6.10. The minimum absolute atomic E-state index is 0.0207. The Morgan fingerprint density at radius 1 is 1.00 bits per heavy atom. The van der Waals surface area contributed by atoms with Crippen molar-refractivity contribution < 1.29 is 23.1 Å². The molecule has 30 heavy (non-hydrogen) atoms. The number of aromatic carboxylic acids is 1. The molecule has 11 heteroatoms. The van der Waals surface area contributed by atoms with Crippen molar-refractivity contribution in [3.05, 3.63) is 94.2 Å². The number of aryl methyl sites for hydroxylation is 1. The highest BCUT2D eigenvalue weighted by molar-refractivity contribution is 7.89. The van der Waals surface area contributed by atoms with E-state index in [1.54, 1.807) is 24.3 Å². The summed E-state index contributed by atoms with van der Waals surface area (Å²) < 4.78 is 21.5. The maximum atomic E-state index is 10.7. The first kappa shape index (κ1) is 24.2. The lowest BCUT2D eigenvalue weighted by atomic mass is 10.2. The molecule has 2 heterocycles. The van der Waals surface area contributed by atoms with Gasteiger partial charge in [0.1, 0.15) is 5.69 Å². The van der Waals surface area contributed by atoms with Gasteiger partial charge in [-0.3, -0.25) is 14.6 Å². The van der Waals surface area contributed by atoms with Crippen molar-refractivity contribution in [2.45, 2.75) is 11.8 Å². The molecule has 158 valence electrons. The van der Waals surface area contributed by atoms with E-state index in [1.807, 2.05) is 13.0 Å². The Morgan fingerprint density at radius 3 is 1.97 bits per heavy atom. The normalized spacial score (nSPS) is 9.93. The van der Waals surface area contributed by atoms with Crippen molar-refractivity contribution in [2.75, 3.05) is 0 Å². The van der Waals surface area contributed by atoms with Crippen molar-refractivity contribution in [1.82, 2.24) is 9.97 Å². The van der Waals surface area contributed by atoms with E-state index in [4.69, 9.17) is 16.0 Å². The molecule has 0 unspecified atom stereocenters. The number of nitrogens with two attached hydrogens (primary N) is 2. The number of carboxylic acid groups (broad SMARTS) is 1. The van der Waals surface area contributed by atoms with E-state index in [1.165, 1.54) is 24.4 Å². The maximum Gasteiger partial charge on any atom is 0.335 e. The topological polar surface area (TPSA) is 186 Å². The molecule has 0 radical (unpaired) electrons. The monoisotopic (exact) mass is 432 g/mol. The Balaban J connectivity index is 0.000000234. The zero-order valence-electron chi connectivity index (χ0n) is 15.8. The summed E-state index contributed by atoms with van der Waals surface area (Å²) in [6.07, 6.45) is 1.53. The summed E-state index contributed by atoms with van der Waals surface area (Å²) in [7, 11) is -3.74. The number of primary amides is 1. The lowest BCUT2D eigenvalue weighted by Crippen LogP contribution is -2.12. The fourth-order valence-corrected chi connectivity index (χ4v) is 2.37. The molecule has 0 bridgehead atoms. The SMILES string of the molecule is Cc1cccc(=O)[nH]1.NC(=O)c1ccccn1.NS(=O)(=O)c1ccc(C(=O)O)cc1. The third-order valence-electron chi connectivity index (χ3n) is 3.26. The predicted molar refractivity (Wildman–Crippen MR) is 109 cm³/mol. The number of sulfonamides is 1. The van der Waals surface area contributed by atoms with Crippen molar-refractivity contribution in [2.24, 2.45) is 10.9 Å². The lowest BCUT2D eigenvalue weighted by molar-refractivity contribution is 0.0696. The van der Waals surface area contributed by atoms with Crippen molar-refractivity contribution in [3.8, 4) is 0 Å². The standard InChI is InChI=1S/C7H7NO4S.C6H6N2O.C6H7NO/c8-13(11,12)6-3-1-5(2-4-6)7(9)10;7-6(9)5-3-1-2-4-8-5;1-5-3-2-4-6(8)7-5/h1-4H,(H,9,10)(H2,8,11,12);1-4H,(H2,7,9);2-4H,1H3,(H,7,8). The number of benzene rings is 1. The third kappa shape index (κ3) is 8.91. The molecule has 10 nitrogen and oxygen atoms in total. The second kappa shape index (κ2) is 11.2. The number of amides is 1. The Morgan fingerprint density at radius 2 is 1.63 bits per heavy atom. The number of aromatic nitrogens is 2. The highest BCUT2D eigenvalue weighted by Gasteiger charge is 2.08. The molecule has 3 aromatic rings. The summed E-state index contributed by atoms with van der Waals surface area (Å²) >= 11 is 0. The molecule has 0 fully saturated rings. The summed E-state index contributed by atoms with van der Waals surface area (Å²) in [6, 6.07) is 14.8. The van der Waals surface area contributed by atoms with Crippen molar-refractivity contribution in [3.63, 3.8) is 0 Å². The van der Waals surface area contributed by atoms with E-state index in [0.717, 1.165) is 17.8 Å². The van der Waals surface area contributed by atoms with Gasteiger partial charge in [0.25, 0.3) is 5.91 Å². The van der Waals surface area contributed by atoms with Crippen LogP contribution in [0.15, 0.2) is 76.6 Å². The zero-order chi connectivity index (χ0) is 22.7. The molecule has 0 aliphatic rings. The second-order valence-electron chi connectivity index (χ2n) is 5.65. The van der Waals surface area contributed by atoms with Crippen LogP contribution >= 0.6 is 0 Å². The molecule has 0 aliphatic heterocycles. The molecule has 6 N–H and O–H groups in total. The van der Waals surface area contributed by atoms with Crippen LogP contribution < -0.4 is 16.4 Å². The molecule has 0 spiro atoms. The van der Waals surface area contributed by atoms with Gasteiger partial charge in [0.05, 0.1) is 10.5 Å². The van der Waals surface area contributed by atoms with E-state index in [-0.39, 0.29) is 16.0 Å². The van der Waals surface area contributed by atoms with E-state index < -0.39 is 21.9 Å². The van der Waals surface area contributed by atoms with Crippen LogP contribution in [0.25, 0.3) is 0 Å². The zero-order valence-corrected chi connectivity index (χ0v) is 16.7. The number of hydrogen-bond acceptors (Lipinski definition) is 6. The minimum Gasteiger partial charge on any atom is -0.478 e. The highest BCUT2D eigenvalue weighted by atomic mass is 32.2. The van der Waals surface area contributed by atoms with E-state index in [9.17, 15) is 22.8 Å². The number of carbonyl (C=O) groups excluding carboxylic acids is 1. The number of aromatic amines is 1. The molecule has 0 saturated carbocycles. The Hall–Kier alpha value is -3.83. The number of nitrogens with one attached hydrogen (secondary N) is 1. The molecule has 1 aromatic carbocycles. The molecular formula is C19H20N4O6S. The molecule has 1 amide bonds. The van der Waals surface area contributed by atoms with Crippen LogP contribution in [0.2, 0.25) is 0 Å². The second-order valence-corrected chi connectivity index (χ2v) is 7.21. The van der Waals surface area contributed by atoms with E-state index >= 15 is 0 Å². The van der Waals surface area contributed by atoms with Crippen LogP contribution in [-0.4, -0.2) is 35.4 Å². The van der Waals surface area contributed by atoms with Gasteiger partial charge in [-0.15, -0.1) is 0 Å². The first-order valence-corrected chi connectivity index (χ1v) is 9.78. The molecule has 0 aliphatic carbocycles. The predicted octanol–water partition coefficient (Wildman–Crippen LogP) is 0.896. The van der Waals surface area contributed by atoms with Gasteiger partial charge in [-0.25, -0.2) is 18.4 Å². The first-order valence-electron chi connectivity index (χ1n) is 8.23. The van der Waals surface area contributed by atoms with Gasteiger partial charge in [-0.2, -0.15) is 0 Å². The molecule has 0 atom stereocenters. The number of pyridine rings is 2. The number of carboxylic acids is 1. The smallest absolute Gasteiger partial charge is 0.335 e. The van der Waals surface area contributed by atoms with Gasteiger partial charge in [0, 0.05) is 18.0 Å². The Labute approximate surface area is 172 Å². The fourth-order valence-electron chi connectivity index (χ4n) is 1.85. The average Bonchev–Trinajstić information content (AvgIpc) is 2.69. The van der Waals surface area contributed by atoms with Gasteiger partial charge in [-0.1, -0.05) is 12.1 Å². The van der Waals surface area contributed by atoms with Crippen LogP contribution in [0.5, 0.6) is 0 Å². The van der Waals surface area contributed by atoms with Gasteiger partial charge in [-0.05, 0) is 49.4 Å². The fraction of sp³-hybridized carbons (Fsp3) is 0.0526. The minimum atomic E-state index is -3.74. The summed E-state index contributed by atoms with van der Waals surface area (Å²) in [6.45, 7) is 1.85. The van der Waals surface area contributed by atoms with Crippen LogP contribution in [0, 0.1) is 6.92 Å². The van der Waals surface area contributed by atoms with Gasteiger partial charge >= 0.3 is 5.97 Å². The number of carbonyl (C=O) groups is 2. The Kier molecular flexibility index (Phi) is 9.07. The first-order chi connectivity index (χ1) is 14.0. The summed E-state index contributed by atoms with van der Waals surface area (Å²) in [5.74, 6) is -1.60. The van der Waals surface area contributed by atoms with Crippen molar-refractivity contribution >= 4 is 21.9 Å². The molecule has 0 saturated heterocycles. The number of H-pyrrole nitrogens is 1. The molecule has 3 rings (SSSR count). The number of primary sulfonamides is 1.